The van der Waals surface area contributed by atoms with Gasteiger partial charge < -0.3 is 14.2 Å². The van der Waals surface area contributed by atoms with E-state index in [0.29, 0.717) is 0 Å². The summed E-state index contributed by atoms with van der Waals surface area (Å²) in [5.41, 5.74) is 2.94. The van der Waals surface area contributed by atoms with Gasteiger partial charge in [-0.15, -0.1) is 0 Å². The zero-order valence-corrected chi connectivity index (χ0v) is 24.8. The maximum absolute atomic E-state index is 11.9. The van der Waals surface area contributed by atoms with Gasteiger partial charge in [0.25, 0.3) is 0 Å². The molecule has 0 aliphatic carbocycles. The minimum Gasteiger partial charge on any atom is -0.494 e. The Bertz CT molecular complexity index is 921. The van der Waals surface area contributed by atoms with E-state index in [1.165, 1.54) is 83.5 Å². The quantitative estimate of drug-likeness (QED) is 0.0913. The van der Waals surface area contributed by atoms with Crippen LogP contribution in [0, 0.1) is 0 Å². The fraction of sp³-hybridized carbons (Fsp3) is 0.576. The highest BCUT2D eigenvalue weighted by atomic mass is 31.2. The van der Waals surface area contributed by atoms with Crippen LogP contribution in [-0.4, -0.2) is 18.1 Å². The molecule has 38 heavy (non-hydrogen) atoms. The predicted molar refractivity (Wildman–Crippen MR) is 163 cm³/mol. The van der Waals surface area contributed by atoms with E-state index in [1.807, 2.05) is 42.5 Å². The first-order chi connectivity index (χ1) is 18.5. The van der Waals surface area contributed by atoms with Crippen molar-refractivity contribution in [2.75, 3.05) is 13.2 Å². The van der Waals surface area contributed by atoms with Gasteiger partial charge in [0.1, 0.15) is 5.75 Å². The zero-order valence-electron chi connectivity index (χ0n) is 23.9. The highest BCUT2D eigenvalue weighted by molar-refractivity contribution is 7.51. The Balaban J connectivity index is 1.52. The molecule has 4 nitrogen and oxygen atoms in total. The summed E-state index contributed by atoms with van der Waals surface area (Å²) in [6, 6.07) is 15.8. The summed E-state index contributed by atoms with van der Waals surface area (Å²) >= 11 is 0. The number of rotatable bonds is 22. The molecule has 0 spiro atoms. The van der Waals surface area contributed by atoms with Gasteiger partial charge >= 0.3 is 7.60 Å². The van der Waals surface area contributed by atoms with Crippen LogP contribution < -0.4 is 4.74 Å². The van der Waals surface area contributed by atoms with E-state index in [-0.39, 0.29) is 12.8 Å². The number of ether oxygens (including phenoxy) is 1. The minimum absolute atomic E-state index is 0.0334. The predicted octanol–water partition coefficient (Wildman–Crippen LogP) is 10.4. The molecule has 212 valence electrons. The highest BCUT2D eigenvalue weighted by Crippen LogP contribution is 2.45. The van der Waals surface area contributed by atoms with Crippen LogP contribution in [0.2, 0.25) is 0 Å². The van der Waals surface area contributed by atoms with Gasteiger partial charge in [-0.1, -0.05) is 139 Å². The van der Waals surface area contributed by atoms with Crippen molar-refractivity contribution in [3.63, 3.8) is 0 Å². The molecule has 0 amide bonds. The Morgan fingerprint density at radius 1 is 0.658 bits per heavy atom. The van der Waals surface area contributed by atoms with Crippen LogP contribution in [0.1, 0.15) is 120 Å². The summed E-state index contributed by atoms with van der Waals surface area (Å²) in [6.07, 6.45) is 23.3. The normalized spacial score (nSPS) is 13.1. The highest BCUT2D eigenvalue weighted by Gasteiger charge is 2.18. The lowest BCUT2D eigenvalue weighted by Crippen LogP contribution is -1.97. The Morgan fingerprint density at radius 3 is 1.58 bits per heavy atom. The van der Waals surface area contributed by atoms with Crippen LogP contribution in [0.4, 0.5) is 0 Å². The van der Waals surface area contributed by atoms with Crippen molar-refractivity contribution in [3.05, 3.63) is 65.2 Å². The van der Waals surface area contributed by atoms with E-state index in [2.05, 4.69) is 25.1 Å². The molecular formula is C33H51O4P. The summed E-state index contributed by atoms with van der Waals surface area (Å²) in [7, 11) is -3.55. The maximum Gasteiger partial charge on any atom is 0.332 e. The molecule has 0 saturated carbocycles. The molecule has 0 aliphatic heterocycles. The molecule has 1 N–H and O–H groups in total. The molecule has 0 radical (unpaired) electrons. The fourth-order valence-electron chi connectivity index (χ4n) is 4.57. The molecule has 2 aromatic rings. The van der Waals surface area contributed by atoms with Gasteiger partial charge in [-0.3, -0.25) is 4.57 Å². The third-order valence-electron chi connectivity index (χ3n) is 6.81. The molecule has 1 unspecified atom stereocenters. The number of hydrogen-bond donors (Lipinski definition) is 1. The fourth-order valence-corrected chi connectivity index (χ4v) is 5.73. The van der Waals surface area contributed by atoms with Crippen molar-refractivity contribution in [2.24, 2.45) is 0 Å². The van der Waals surface area contributed by atoms with Crippen LogP contribution in [0.3, 0.4) is 0 Å². The summed E-state index contributed by atoms with van der Waals surface area (Å²) < 4.78 is 22.8. The second-order valence-corrected chi connectivity index (χ2v) is 12.2. The van der Waals surface area contributed by atoms with Gasteiger partial charge in [0.2, 0.25) is 0 Å². The van der Waals surface area contributed by atoms with E-state index in [9.17, 15) is 9.46 Å². The van der Waals surface area contributed by atoms with E-state index < -0.39 is 7.60 Å². The molecule has 1 atom stereocenters. The van der Waals surface area contributed by atoms with Crippen LogP contribution in [0.25, 0.3) is 12.2 Å². The standard InChI is InChI=1S/C33H51O4P/c1-3-5-6-7-8-9-10-11-12-13-14-15-16-17-28-36-33-26-24-31(25-27-33)19-18-30-20-22-32(23-21-30)29-38(34,35)37-4-2/h18-27H,3-17,28-29H2,1-2H3,(H,34,35)/b19-18+. The molecule has 0 saturated heterocycles. The topological polar surface area (TPSA) is 55.8 Å². The maximum atomic E-state index is 11.9. The first kappa shape index (κ1) is 32.3. The van der Waals surface area contributed by atoms with Crippen molar-refractivity contribution < 1.29 is 18.7 Å². The summed E-state index contributed by atoms with van der Waals surface area (Å²) in [6.45, 7) is 5.01. The lowest BCUT2D eigenvalue weighted by atomic mass is 10.0. The average Bonchev–Trinajstić information content (AvgIpc) is 2.91. The monoisotopic (exact) mass is 542 g/mol. The average molecular weight is 543 g/mol. The summed E-state index contributed by atoms with van der Waals surface area (Å²) in [4.78, 5) is 9.79. The molecular weight excluding hydrogens is 491 g/mol. The first-order valence-electron chi connectivity index (χ1n) is 15.0. The van der Waals surface area contributed by atoms with Gasteiger partial charge in [-0.25, -0.2) is 0 Å². The third kappa shape index (κ3) is 15.5. The summed E-state index contributed by atoms with van der Waals surface area (Å²) in [5, 5.41) is 0. The molecule has 0 aliphatic rings. The van der Waals surface area contributed by atoms with Crippen molar-refractivity contribution in [2.45, 2.75) is 110 Å². The van der Waals surface area contributed by atoms with Gasteiger partial charge in [0.15, 0.2) is 0 Å². The number of benzene rings is 2. The van der Waals surface area contributed by atoms with Crippen molar-refractivity contribution in [1.29, 1.82) is 0 Å². The van der Waals surface area contributed by atoms with E-state index in [0.717, 1.165) is 35.5 Å². The van der Waals surface area contributed by atoms with Crippen LogP contribution in [-0.2, 0) is 15.3 Å². The van der Waals surface area contributed by atoms with Crippen LogP contribution in [0.15, 0.2) is 48.5 Å². The van der Waals surface area contributed by atoms with Gasteiger partial charge in [0.05, 0.1) is 19.4 Å². The van der Waals surface area contributed by atoms with Crippen LogP contribution >= 0.6 is 7.60 Å². The minimum atomic E-state index is -3.55. The zero-order chi connectivity index (χ0) is 27.3. The molecule has 5 heteroatoms. The van der Waals surface area contributed by atoms with E-state index >= 15 is 0 Å². The Hall–Kier alpha value is -1.87. The van der Waals surface area contributed by atoms with E-state index in [4.69, 9.17) is 9.26 Å². The van der Waals surface area contributed by atoms with Gasteiger partial charge in [0, 0.05) is 0 Å². The second-order valence-electron chi connectivity index (χ2n) is 10.3. The van der Waals surface area contributed by atoms with Crippen molar-refractivity contribution >= 4 is 19.7 Å². The summed E-state index contributed by atoms with van der Waals surface area (Å²) in [5.74, 6) is 0.920. The molecule has 2 rings (SSSR count). The third-order valence-corrected chi connectivity index (χ3v) is 8.23. The van der Waals surface area contributed by atoms with Crippen molar-refractivity contribution in [3.8, 4) is 5.75 Å². The van der Waals surface area contributed by atoms with Crippen LogP contribution in [0.5, 0.6) is 5.75 Å². The molecule has 0 aromatic heterocycles. The van der Waals surface area contributed by atoms with Gasteiger partial charge in [-0.05, 0) is 42.2 Å². The SMILES string of the molecule is CCCCCCCCCCCCCCCCOc1ccc(/C=C/c2ccc(CP(=O)(O)OCC)cc2)cc1. The largest absolute Gasteiger partial charge is 0.494 e. The number of unbranched alkanes of at least 4 members (excludes halogenated alkanes) is 13. The number of hydrogen-bond acceptors (Lipinski definition) is 3. The molecule has 0 bridgehead atoms. The lowest BCUT2D eigenvalue weighted by molar-refractivity contribution is 0.272. The Morgan fingerprint density at radius 2 is 1.11 bits per heavy atom. The molecule has 2 aromatic carbocycles. The lowest BCUT2D eigenvalue weighted by Gasteiger charge is -2.10. The molecule has 0 fully saturated rings. The van der Waals surface area contributed by atoms with Gasteiger partial charge in [-0.2, -0.15) is 0 Å². The Kier molecular flexibility index (Phi) is 17.1. The smallest absolute Gasteiger partial charge is 0.332 e. The second kappa shape index (κ2) is 20.1. The van der Waals surface area contributed by atoms with E-state index in [1.54, 1.807) is 6.92 Å². The first-order valence-corrected chi connectivity index (χ1v) is 16.7. The van der Waals surface area contributed by atoms with Crippen molar-refractivity contribution in [1.82, 2.24) is 0 Å². The Labute approximate surface area is 232 Å². The molecule has 0 heterocycles.